The third-order valence-corrected chi connectivity index (χ3v) is 4.49. The quantitative estimate of drug-likeness (QED) is 0.623. The highest BCUT2D eigenvalue weighted by Crippen LogP contribution is 2.29. The monoisotopic (exact) mass is 400 g/mol. The number of tetrazole rings is 1. The number of ether oxygens (including phenoxy) is 1. The lowest BCUT2D eigenvalue weighted by atomic mass is 10.1. The van der Waals surface area contributed by atoms with Crippen LogP contribution in [-0.4, -0.2) is 58.3 Å². The number of aromatic nitrogens is 4. The summed E-state index contributed by atoms with van der Waals surface area (Å²) < 4.78 is 6.76. The second-order valence-corrected chi connectivity index (χ2v) is 6.64. The number of hydrogen-bond acceptors (Lipinski definition) is 6. The lowest BCUT2D eigenvalue weighted by Crippen LogP contribution is -2.33. The smallest absolute Gasteiger partial charge is 0.255 e. The molecule has 9 heteroatoms. The van der Waals surface area contributed by atoms with E-state index in [2.05, 4.69) is 37.9 Å². The number of amides is 1. The van der Waals surface area contributed by atoms with Gasteiger partial charge in [-0.2, -0.15) is 4.68 Å². The van der Waals surface area contributed by atoms with E-state index in [0.717, 1.165) is 6.54 Å². The van der Waals surface area contributed by atoms with Crippen LogP contribution in [0.4, 0.5) is 0 Å². The van der Waals surface area contributed by atoms with Crippen LogP contribution in [0.1, 0.15) is 15.9 Å². The standard InChI is InChI=1S/C19H21ClN6O2/c1-25(12-14-6-4-3-5-7-14)9-8-21-19(27)15-10-16(20)17(11-18(15)28-2)26-13-22-23-24-26/h3-7,10-11,13H,8-9,12H2,1-2H3,(H,21,27). The fourth-order valence-corrected chi connectivity index (χ4v) is 3.02. The zero-order valence-corrected chi connectivity index (χ0v) is 16.4. The maximum atomic E-state index is 12.6. The zero-order chi connectivity index (χ0) is 19.9. The minimum absolute atomic E-state index is 0.255. The molecule has 0 unspecified atom stereocenters. The second-order valence-electron chi connectivity index (χ2n) is 6.24. The summed E-state index contributed by atoms with van der Waals surface area (Å²) in [5, 5.41) is 14.2. The number of benzene rings is 2. The minimum Gasteiger partial charge on any atom is -0.496 e. The minimum atomic E-state index is -0.255. The molecule has 0 bridgehead atoms. The van der Waals surface area contributed by atoms with Crippen molar-refractivity contribution in [2.45, 2.75) is 6.54 Å². The highest BCUT2D eigenvalue weighted by Gasteiger charge is 2.17. The van der Waals surface area contributed by atoms with Gasteiger partial charge in [-0.3, -0.25) is 4.79 Å². The van der Waals surface area contributed by atoms with Crippen molar-refractivity contribution in [1.29, 1.82) is 0 Å². The maximum Gasteiger partial charge on any atom is 0.255 e. The predicted molar refractivity (Wildman–Crippen MR) is 106 cm³/mol. The Labute approximate surface area is 168 Å². The molecule has 1 aromatic heterocycles. The van der Waals surface area contributed by atoms with Crippen LogP contribution < -0.4 is 10.1 Å². The third-order valence-electron chi connectivity index (χ3n) is 4.18. The van der Waals surface area contributed by atoms with Crippen LogP contribution >= 0.6 is 11.6 Å². The van der Waals surface area contributed by atoms with Crippen LogP contribution in [0.5, 0.6) is 5.75 Å². The van der Waals surface area contributed by atoms with E-state index in [1.54, 1.807) is 12.1 Å². The fraction of sp³-hybridized carbons (Fsp3) is 0.263. The highest BCUT2D eigenvalue weighted by molar-refractivity contribution is 6.33. The van der Waals surface area contributed by atoms with Gasteiger partial charge in [0.15, 0.2) is 0 Å². The van der Waals surface area contributed by atoms with Crippen LogP contribution in [-0.2, 0) is 6.54 Å². The molecule has 0 aliphatic heterocycles. The van der Waals surface area contributed by atoms with Crippen LogP contribution in [0.3, 0.4) is 0 Å². The van der Waals surface area contributed by atoms with E-state index in [-0.39, 0.29) is 5.91 Å². The topological polar surface area (TPSA) is 85.2 Å². The molecule has 0 saturated carbocycles. The molecule has 3 rings (SSSR count). The number of nitrogens with zero attached hydrogens (tertiary/aromatic N) is 5. The molecule has 0 radical (unpaired) electrons. The van der Waals surface area contributed by atoms with Crippen LogP contribution in [0, 0.1) is 0 Å². The number of halogens is 1. The first kappa shape index (κ1) is 19.8. The Balaban J connectivity index is 1.61. The number of rotatable bonds is 8. The number of likely N-dealkylation sites (N-methyl/N-ethyl adjacent to an activating group) is 1. The average molecular weight is 401 g/mol. The van der Waals surface area contributed by atoms with Crippen molar-refractivity contribution in [2.75, 3.05) is 27.2 Å². The summed E-state index contributed by atoms with van der Waals surface area (Å²) in [5.74, 6) is 0.139. The Hall–Kier alpha value is -2.97. The molecule has 28 heavy (non-hydrogen) atoms. The van der Waals surface area contributed by atoms with E-state index in [0.29, 0.717) is 35.1 Å². The zero-order valence-electron chi connectivity index (χ0n) is 15.7. The van der Waals surface area contributed by atoms with Gasteiger partial charge in [-0.05, 0) is 29.1 Å². The Morgan fingerprint density at radius 3 is 2.75 bits per heavy atom. The van der Waals surface area contributed by atoms with Crippen molar-refractivity contribution < 1.29 is 9.53 Å². The molecule has 0 aliphatic carbocycles. The van der Waals surface area contributed by atoms with Gasteiger partial charge in [0.2, 0.25) is 0 Å². The Kier molecular flexibility index (Phi) is 6.57. The Morgan fingerprint density at radius 2 is 2.07 bits per heavy atom. The van der Waals surface area contributed by atoms with Crippen molar-refractivity contribution in [3.05, 3.63) is 64.9 Å². The normalized spacial score (nSPS) is 10.9. The van der Waals surface area contributed by atoms with Gasteiger partial charge < -0.3 is 15.0 Å². The number of hydrogen-bond donors (Lipinski definition) is 1. The SMILES string of the molecule is COc1cc(-n2cnnn2)c(Cl)cc1C(=O)NCCN(C)Cc1ccccc1. The summed E-state index contributed by atoms with van der Waals surface area (Å²) in [6.07, 6.45) is 1.42. The molecule has 0 atom stereocenters. The van der Waals surface area contributed by atoms with Crippen LogP contribution in [0.15, 0.2) is 48.8 Å². The summed E-state index contributed by atoms with van der Waals surface area (Å²) in [4.78, 5) is 14.7. The number of carbonyl (C=O) groups excluding carboxylic acids is 1. The summed E-state index contributed by atoms with van der Waals surface area (Å²) >= 11 is 6.31. The van der Waals surface area contributed by atoms with Gasteiger partial charge in [0.25, 0.3) is 5.91 Å². The average Bonchev–Trinajstić information content (AvgIpc) is 3.23. The second kappa shape index (κ2) is 9.29. The van der Waals surface area contributed by atoms with E-state index in [4.69, 9.17) is 16.3 Å². The summed E-state index contributed by atoms with van der Waals surface area (Å²) in [7, 11) is 3.51. The van der Waals surface area contributed by atoms with Gasteiger partial charge in [0.1, 0.15) is 12.1 Å². The lowest BCUT2D eigenvalue weighted by Gasteiger charge is -2.17. The molecule has 2 aromatic carbocycles. The molecular formula is C19H21ClN6O2. The molecule has 1 N–H and O–H groups in total. The number of methoxy groups -OCH3 is 1. The molecule has 0 spiro atoms. The predicted octanol–water partition coefficient (Wildman–Crippen LogP) is 2.19. The summed E-state index contributed by atoms with van der Waals surface area (Å²) in [6, 6.07) is 13.4. The van der Waals surface area contributed by atoms with E-state index >= 15 is 0 Å². The van der Waals surface area contributed by atoms with E-state index < -0.39 is 0 Å². The van der Waals surface area contributed by atoms with Crippen LogP contribution in [0.25, 0.3) is 5.69 Å². The van der Waals surface area contributed by atoms with Gasteiger partial charge in [-0.1, -0.05) is 41.9 Å². The Morgan fingerprint density at radius 1 is 1.29 bits per heavy atom. The van der Waals surface area contributed by atoms with Crippen molar-refractivity contribution in [3.8, 4) is 11.4 Å². The molecule has 0 aliphatic rings. The molecule has 146 valence electrons. The number of carbonyl (C=O) groups is 1. The van der Waals surface area contributed by atoms with Crippen molar-refractivity contribution in [1.82, 2.24) is 30.4 Å². The summed E-state index contributed by atoms with van der Waals surface area (Å²) in [5.41, 5.74) is 2.11. The fourth-order valence-electron chi connectivity index (χ4n) is 2.77. The summed E-state index contributed by atoms with van der Waals surface area (Å²) in [6.45, 7) is 2.02. The van der Waals surface area contributed by atoms with Gasteiger partial charge >= 0.3 is 0 Å². The lowest BCUT2D eigenvalue weighted by molar-refractivity contribution is 0.0946. The number of nitrogens with one attached hydrogen (secondary N) is 1. The van der Waals surface area contributed by atoms with Crippen LogP contribution in [0.2, 0.25) is 5.02 Å². The first-order valence-electron chi connectivity index (χ1n) is 8.70. The molecular weight excluding hydrogens is 380 g/mol. The van der Waals surface area contributed by atoms with E-state index in [1.807, 2.05) is 25.2 Å². The molecule has 8 nitrogen and oxygen atoms in total. The van der Waals surface area contributed by atoms with Crippen molar-refractivity contribution in [2.24, 2.45) is 0 Å². The largest absolute Gasteiger partial charge is 0.496 e. The van der Waals surface area contributed by atoms with E-state index in [1.165, 1.54) is 23.7 Å². The molecule has 3 aromatic rings. The van der Waals surface area contributed by atoms with Crippen molar-refractivity contribution in [3.63, 3.8) is 0 Å². The molecule has 0 fully saturated rings. The molecule has 1 amide bonds. The Bertz CT molecular complexity index is 918. The molecule has 1 heterocycles. The maximum absolute atomic E-state index is 12.6. The van der Waals surface area contributed by atoms with Gasteiger partial charge in [-0.25, -0.2) is 0 Å². The first-order valence-corrected chi connectivity index (χ1v) is 9.08. The van der Waals surface area contributed by atoms with Gasteiger partial charge in [0, 0.05) is 25.7 Å². The van der Waals surface area contributed by atoms with Gasteiger partial charge in [0.05, 0.1) is 23.4 Å². The van der Waals surface area contributed by atoms with E-state index in [9.17, 15) is 4.79 Å². The molecule has 0 saturated heterocycles. The highest BCUT2D eigenvalue weighted by atomic mass is 35.5. The first-order chi connectivity index (χ1) is 13.6. The van der Waals surface area contributed by atoms with Gasteiger partial charge in [-0.15, -0.1) is 5.10 Å². The third kappa shape index (κ3) is 4.85. The van der Waals surface area contributed by atoms with Crippen molar-refractivity contribution >= 4 is 17.5 Å².